The van der Waals surface area contributed by atoms with E-state index in [1.807, 2.05) is 22.7 Å². The van der Waals surface area contributed by atoms with Crippen molar-refractivity contribution in [3.05, 3.63) is 397 Å². The molecule has 6 heterocycles. The van der Waals surface area contributed by atoms with E-state index in [-0.39, 0.29) is 22.2 Å². The fourth-order valence-corrected chi connectivity index (χ4v) is 22.3. The molecule has 121 heavy (non-hydrogen) atoms. The van der Waals surface area contributed by atoms with Crippen molar-refractivity contribution in [3.63, 3.8) is 0 Å². The Morgan fingerprint density at radius 2 is 0.694 bits per heavy atom. The van der Waals surface area contributed by atoms with Gasteiger partial charge in [-0.2, -0.15) is 0 Å². The molecule has 0 saturated carbocycles. The molecule has 0 saturated heterocycles. The van der Waals surface area contributed by atoms with Crippen LogP contribution in [0.2, 0.25) is 0 Å². The van der Waals surface area contributed by atoms with Crippen LogP contribution in [0.5, 0.6) is 0 Å². The number of rotatable bonds is 10. The zero-order valence-electron chi connectivity index (χ0n) is 69.3. The second kappa shape index (κ2) is 27.5. The molecule has 0 aliphatic carbocycles. The van der Waals surface area contributed by atoms with Gasteiger partial charge in [0.1, 0.15) is 0 Å². The summed E-state index contributed by atoms with van der Waals surface area (Å²) in [5.41, 5.74) is 34.6. The summed E-state index contributed by atoms with van der Waals surface area (Å²) in [5, 5.41) is 10.00. The lowest BCUT2D eigenvalue weighted by molar-refractivity contribution is 0.590. The number of hydrogen-bond acceptors (Lipinski definition) is 4. The molecule has 580 valence electrons. The molecule has 0 spiro atoms. The Hall–Kier alpha value is -13.6. The van der Waals surface area contributed by atoms with Crippen molar-refractivity contribution in [1.29, 1.82) is 0 Å². The average Bonchev–Trinajstić information content (AvgIpc) is 1.68. The monoisotopic (exact) mass is 1590 g/mol. The molecular formula is C115H88N4S2. The maximum absolute atomic E-state index is 2.70. The third-order valence-corrected chi connectivity index (χ3v) is 28.3. The Morgan fingerprint density at radius 1 is 0.231 bits per heavy atom. The fraction of sp³-hybridized carbons (Fsp3) is 0.113. The van der Waals surface area contributed by atoms with E-state index in [4.69, 9.17) is 0 Å². The van der Waals surface area contributed by atoms with Crippen molar-refractivity contribution in [2.24, 2.45) is 0 Å². The van der Waals surface area contributed by atoms with Crippen LogP contribution >= 0.6 is 22.7 Å². The molecule has 0 N–H and O–H groups in total. The van der Waals surface area contributed by atoms with Crippen LogP contribution in [0.1, 0.15) is 102 Å². The Balaban J connectivity index is 0.873. The zero-order valence-corrected chi connectivity index (χ0v) is 71.0. The predicted molar refractivity (Wildman–Crippen MR) is 520 cm³/mol. The molecule has 0 radical (unpaired) electrons. The van der Waals surface area contributed by atoms with Gasteiger partial charge in [-0.25, -0.2) is 0 Å². The van der Waals surface area contributed by atoms with Crippen LogP contribution in [0.3, 0.4) is 0 Å². The highest BCUT2D eigenvalue weighted by Crippen LogP contribution is 2.64. The molecule has 2 aliphatic heterocycles. The summed E-state index contributed by atoms with van der Waals surface area (Å²) in [7, 11) is 0. The molecule has 4 aromatic heterocycles. The molecule has 6 heteroatoms. The lowest BCUT2D eigenvalue weighted by Gasteiger charge is -2.46. The van der Waals surface area contributed by atoms with E-state index < -0.39 is 0 Å². The van der Waals surface area contributed by atoms with E-state index in [0.717, 1.165) is 73.2 Å². The molecular weight excluding hydrogens is 1500 g/mol. The number of fused-ring (bicyclic) bond motifs is 16. The Morgan fingerprint density at radius 3 is 1.31 bits per heavy atom. The highest BCUT2D eigenvalue weighted by Gasteiger charge is 2.44. The first-order valence-electron chi connectivity index (χ1n) is 42.5. The maximum atomic E-state index is 2.70. The second-order valence-electron chi connectivity index (χ2n) is 36.3. The normalized spacial score (nSPS) is 13.5. The van der Waals surface area contributed by atoms with E-state index >= 15 is 0 Å². The van der Waals surface area contributed by atoms with Crippen molar-refractivity contribution in [2.45, 2.75) is 84.5 Å². The highest BCUT2D eigenvalue weighted by atomic mass is 32.1. The van der Waals surface area contributed by atoms with Crippen LogP contribution in [0.15, 0.2) is 364 Å². The minimum Gasteiger partial charge on any atom is -0.310 e. The van der Waals surface area contributed by atoms with Gasteiger partial charge in [-0.05, 0) is 215 Å². The van der Waals surface area contributed by atoms with Crippen LogP contribution in [0, 0.1) is 0 Å². The second-order valence-corrected chi connectivity index (χ2v) is 38.5. The third-order valence-electron chi connectivity index (χ3n) is 26.0. The van der Waals surface area contributed by atoms with E-state index in [1.54, 1.807) is 0 Å². The summed E-state index contributed by atoms with van der Waals surface area (Å²) in [6.07, 6.45) is 0. The van der Waals surface area contributed by atoms with Crippen molar-refractivity contribution < 1.29 is 0 Å². The zero-order chi connectivity index (χ0) is 81.5. The third kappa shape index (κ3) is 11.7. The Kier molecular flexibility index (Phi) is 16.5. The average molecular weight is 1590 g/mol. The largest absolute Gasteiger partial charge is 0.310 e. The molecule has 21 aromatic rings. The van der Waals surface area contributed by atoms with Crippen molar-refractivity contribution in [1.82, 2.24) is 9.13 Å². The van der Waals surface area contributed by atoms with Gasteiger partial charge in [-0.1, -0.05) is 305 Å². The summed E-state index contributed by atoms with van der Waals surface area (Å²) in [5.74, 6) is -0.289. The molecule has 1 atom stereocenters. The summed E-state index contributed by atoms with van der Waals surface area (Å²) in [6.45, 7) is 21.2. The van der Waals surface area contributed by atoms with Crippen LogP contribution in [-0.4, -0.2) is 9.13 Å². The maximum Gasteiger partial charge on any atom is 0.0546 e. The van der Waals surface area contributed by atoms with Crippen LogP contribution < -0.4 is 9.80 Å². The Bertz CT molecular complexity index is 7730. The van der Waals surface area contributed by atoms with Crippen LogP contribution in [0.4, 0.5) is 34.1 Å². The predicted octanol–water partition coefficient (Wildman–Crippen LogP) is 33.3. The molecule has 0 amide bonds. The quantitative estimate of drug-likeness (QED) is 0.136. The fourth-order valence-electron chi connectivity index (χ4n) is 20.0. The molecule has 17 aromatic carbocycles. The number of nitrogens with zero attached hydrogens (tertiary/aromatic N) is 4. The van der Waals surface area contributed by atoms with Crippen molar-refractivity contribution in [3.8, 4) is 78.1 Å². The Labute approximate surface area is 714 Å². The number of benzene rings is 17. The highest BCUT2D eigenvalue weighted by molar-refractivity contribution is 7.26. The minimum atomic E-state index is -0.289. The first kappa shape index (κ1) is 72.6. The number of hydrogen-bond donors (Lipinski definition) is 0. The van der Waals surface area contributed by atoms with Gasteiger partial charge in [-0.3, -0.25) is 0 Å². The number of thiophene rings is 2. The minimum absolute atomic E-state index is 0.0320. The van der Waals surface area contributed by atoms with E-state index in [2.05, 4.69) is 445 Å². The van der Waals surface area contributed by atoms with Crippen LogP contribution in [0.25, 0.3) is 162 Å². The SMILES string of the molecule is CC(C)(C)c1cc(-c2ccccc2)cc(N2c3ccc(-c4c(-c5ccc6sc7ccccc7c6c5)cccc4-n4c5ccccc5c5ccccc54)cc3C3c4ccc(C(C)(C)C)cc4N(c4ccc(-c5ccccc5)cc4)c4cc(-c5c(-c6cccc7c6sc6ccc(C(C)(C)C)cc67)cccc5-n5c6ccccc6c6ccccc65)cc2c43)c1. The number of anilines is 6. The molecule has 23 rings (SSSR count). The van der Waals surface area contributed by atoms with Crippen LogP contribution in [-0.2, 0) is 16.2 Å². The lowest BCUT2D eigenvalue weighted by atomic mass is 9.73. The van der Waals surface area contributed by atoms with Gasteiger partial charge in [0.15, 0.2) is 0 Å². The van der Waals surface area contributed by atoms with Gasteiger partial charge in [-0.15, -0.1) is 22.7 Å². The molecule has 1 unspecified atom stereocenters. The van der Waals surface area contributed by atoms with E-state index in [0.29, 0.717) is 0 Å². The van der Waals surface area contributed by atoms with Gasteiger partial charge in [0.2, 0.25) is 0 Å². The smallest absolute Gasteiger partial charge is 0.0546 e. The summed E-state index contributed by atoms with van der Waals surface area (Å²) in [6, 6.07) is 140. The lowest BCUT2D eigenvalue weighted by Crippen LogP contribution is -2.30. The molecule has 0 bridgehead atoms. The summed E-state index contributed by atoms with van der Waals surface area (Å²) < 4.78 is 10.3. The molecule has 2 aliphatic rings. The van der Waals surface area contributed by atoms with Gasteiger partial charge >= 0.3 is 0 Å². The number of para-hydroxylation sites is 4. The summed E-state index contributed by atoms with van der Waals surface area (Å²) in [4.78, 5) is 5.36. The standard InChI is InChI=1S/C115H88N4S2/c1-113(2,3)77-54-60-107-93(68-77)90-41-26-40-89(112(90)121-107)88-39-28-47-101(119-97-44-23-18-35-85(97)86-36-19-24-45-98(86)119)109(88)76-65-103-111-104(66-76)117(81-62-75(71-31-14-11-15-32-71)61-79(67-81)115(7,8)9)99-58-51-74(64-94(99)110(111)91-57-53-78(114(4,5)6)69-102(91)116(103)80-55-49-72(50-56-80)70-29-12-10-13-30-70)108-82(73-52-59-106-92(63-73)87-37-20-25-48-105(87)120-106)38-27-46-100(108)118-95-42-21-16-33-83(95)84-34-17-22-43-96(84)118/h10-69,110H,1-9H3. The summed E-state index contributed by atoms with van der Waals surface area (Å²) >= 11 is 3.79. The van der Waals surface area contributed by atoms with E-state index in [9.17, 15) is 0 Å². The van der Waals surface area contributed by atoms with E-state index in [1.165, 1.54) is 156 Å². The number of aromatic nitrogens is 2. The molecule has 0 fully saturated rings. The van der Waals surface area contributed by atoms with Gasteiger partial charge in [0.05, 0.1) is 56.2 Å². The van der Waals surface area contributed by atoms with Gasteiger partial charge in [0.25, 0.3) is 0 Å². The van der Waals surface area contributed by atoms with Crippen molar-refractivity contribution >= 4 is 141 Å². The first-order valence-corrected chi connectivity index (χ1v) is 44.1. The van der Waals surface area contributed by atoms with Crippen molar-refractivity contribution in [2.75, 3.05) is 9.80 Å². The van der Waals surface area contributed by atoms with Gasteiger partial charge in [0, 0.05) is 101 Å². The van der Waals surface area contributed by atoms with Gasteiger partial charge < -0.3 is 18.9 Å². The topological polar surface area (TPSA) is 16.3 Å². The molecule has 4 nitrogen and oxygen atoms in total. The first-order chi connectivity index (χ1) is 58.9.